The number of benzene rings is 1. The molecule has 2 N–H and O–H groups in total. The summed E-state index contributed by atoms with van der Waals surface area (Å²) in [6.45, 7) is 5.89. The average Bonchev–Trinajstić information content (AvgIpc) is 2.97. The quantitative estimate of drug-likeness (QED) is 0.859. The summed E-state index contributed by atoms with van der Waals surface area (Å²) in [6.07, 6.45) is 1.61. The van der Waals surface area contributed by atoms with Crippen molar-refractivity contribution in [1.29, 1.82) is 0 Å². The van der Waals surface area contributed by atoms with Gasteiger partial charge in [-0.2, -0.15) is 0 Å². The van der Waals surface area contributed by atoms with Crippen LogP contribution in [0.5, 0.6) is 0 Å². The van der Waals surface area contributed by atoms with E-state index in [-0.39, 0.29) is 17.9 Å². The molecule has 1 unspecified atom stereocenters. The monoisotopic (exact) mass is 289 g/mol. The third-order valence-corrected chi connectivity index (χ3v) is 4.01. The summed E-state index contributed by atoms with van der Waals surface area (Å²) in [6, 6.07) is 6.59. The van der Waals surface area contributed by atoms with E-state index in [1.54, 1.807) is 34.1 Å². The minimum Gasteiger partial charge on any atom is -0.399 e. The first kappa shape index (κ1) is 15.4. The Morgan fingerprint density at radius 2 is 2.05 bits per heavy atom. The Morgan fingerprint density at radius 3 is 2.67 bits per heavy atom. The van der Waals surface area contributed by atoms with E-state index in [0.717, 1.165) is 12.8 Å². The molecule has 5 nitrogen and oxygen atoms in total. The third-order valence-electron chi connectivity index (χ3n) is 4.01. The molecule has 1 saturated heterocycles. The minimum absolute atomic E-state index is 0.0507. The smallest absolute Gasteiger partial charge is 0.254 e. The molecule has 1 heterocycles. The van der Waals surface area contributed by atoms with Crippen LogP contribution in [0.25, 0.3) is 0 Å². The second-order valence-corrected chi connectivity index (χ2v) is 5.29. The fourth-order valence-corrected chi connectivity index (χ4v) is 2.85. The Labute approximate surface area is 125 Å². The first-order valence-corrected chi connectivity index (χ1v) is 7.53. The van der Waals surface area contributed by atoms with Crippen LogP contribution in [0.2, 0.25) is 0 Å². The van der Waals surface area contributed by atoms with E-state index in [4.69, 9.17) is 5.73 Å². The normalized spacial score (nSPS) is 17.8. The highest BCUT2D eigenvalue weighted by Gasteiger charge is 2.36. The summed E-state index contributed by atoms with van der Waals surface area (Å²) < 4.78 is 0. The van der Waals surface area contributed by atoms with Crippen molar-refractivity contribution in [2.24, 2.45) is 0 Å². The molecule has 0 saturated carbocycles. The fraction of sp³-hybridized carbons (Fsp3) is 0.500. The van der Waals surface area contributed by atoms with Crippen molar-refractivity contribution < 1.29 is 9.59 Å². The lowest BCUT2D eigenvalue weighted by atomic mass is 10.1. The Kier molecular flexibility index (Phi) is 4.83. The first-order chi connectivity index (χ1) is 10.1. The first-order valence-electron chi connectivity index (χ1n) is 7.53. The number of carbonyl (C=O) groups is 2. The van der Waals surface area contributed by atoms with E-state index < -0.39 is 0 Å². The van der Waals surface area contributed by atoms with Crippen molar-refractivity contribution in [3.05, 3.63) is 29.8 Å². The van der Waals surface area contributed by atoms with Crippen molar-refractivity contribution in [2.45, 2.75) is 32.7 Å². The number of carbonyl (C=O) groups excluding carboxylic acids is 2. The SMILES string of the molecule is CCN(CC)C(=O)C1CCCN1C(=O)c1cccc(N)c1. The Bertz CT molecular complexity index is 526. The van der Waals surface area contributed by atoms with Gasteiger partial charge in [-0.1, -0.05) is 6.07 Å². The lowest BCUT2D eigenvalue weighted by Gasteiger charge is -2.29. The van der Waals surface area contributed by atoms with E-state index >= 15 is 0 Å². The topological polar surface area (TPSA) is 66.6 Å². The van der Waals surface area contributed by atoms with Crippen LogP contribution < -0.4 is 5.73 Å². The third kappa shape index (κ3) is 3.17. The molecular weight excluding hydrogens is 266 g/mol. The van der Waals surface area contributed by atoms with Crippen molar-refractivity contribution in [3.8, 4) is 0 Å². The van der Waals surface area contributed by atoms with Gasteiger partial charge in [0.2, 0.25) is 5.91 Å². The van der Waals surface area contributed by atoms with Gasteiger partial charge in [-0.25, -0.2) is 0 Å². The Hall–Kier alpha value is -2.04. The number of amides is 2. The van der Waals surface area contributed by atoms with E-state index in [2.05, 4.69) is 0 Å². The van der Waals surface area contributed by atoms with Gasteiger partial charge >= 0.3 is 0 Å². The van der Waals surface area contributed by atoms with Crippen LogP contribution in [0.3, 0.4) is 0 Å². The van der Waals surface area contributed by atoms with Crippen LogP contribution in [0.1, 0.15) is 37.0 Å². The number of hydrogen-bond acceptors (Lipinski definition) is 3. The number of anilines is 1. The van der Waals surface area contributed by atoms with Gasteiger partial charge in [0.1, 0.15) is 6.04 Å². The molecule has 5 heteroatoms. The molecule has 1 atom stereocenters. The van der Waals surface area contributed by atoms with Crippen LogP contribution in [0, 0.1) is 0 Å². The standard InChI is InChI=1S/C16H23N3O2/c1-3-18(4-2)16(21)14-9-6-10-19(14)15(20)12-7-5-8-13(17)11-12/h5,7-8,11,14H,3-4,6,9-10,17H2,1-2H3. The second kappa shape index (κ2) is 6.61. The number of rotatable bonds is 4. The maximum absolute atomic E-state index is 12.6. The number of likely N-dealkylation sites (N-methyl/N-ethyl adjacent to an activating group) is 1. The number of nitrogens with two attached hydrogens (primary N) is 1. The highest BCUT2D eigenvalue weighted by molar-refractivity contribution is 5.98. The summed E-state index contributed by atoms with van der Waals surface area (Å²) in [5.74, 6) is -0.0555. The maximum Gasteiger partial charge on any atom is 0.254 e. The van der Waals surface area contributed by atoms with Crippen LogP contribution in [-0.2, 0) is 4.79 Å². The molecule has 1 fully saturated rings. The van der Waals surface area contributed by atoms with E-state index in [0.29, 0.717) is 30.9 Å². The van der Waals surface area contributed by atoms with Crippen molar-refractivity contribution in [2.75, 3.05) is 25.4 Å². The largest absolute Gasteiger partial charge is 0.399 e. The van der Waals surface area contributed by atoms with E-state index in [1.807, 2.05) is 13.8 Å². The van der Waals surface area contributed by atoms with Gasteiger partial charge in [-0.05, 0) is 44.9 Å². The predicted octanol–water partition coefficient (Wildman–Crippen LogP) is 1.74. The van der Waals surface area contributed by atoms with Gasteiger partial charge in [0, 0.05) is 30.9 Å². The molecule has 1 aliphatic heterocycles. The molecule has 1 aliphatic rings. The van der Waals surface area contributed by atoms with Crippen LogP contribution >= 0.6 is 0 Å². The minimum atomic E-state index is -0.334. The zero-order valence-corrected chi connectivity index (χ0v) is 12.7. The molecule has 2 amide bonds. The van der Waals surface area contributed by atoms with Gasteiger partial charge in [-0.3, -0.25) is 9.59 Å². The summed E-state index contributed by atoms with van der Waals surface area (Å²) in [5, 5.41) is 0. The molecule has 0 spiro atoms. The Morgan fingerprint density at radius 1 is 1.33 bits per heavy atom. The molecule has 21 heavy (non-hydrogen) atoms. The lowest BCUT2D eigenvalue weighted by molar-refractivity contribution is -0.134. The number of nitrogens with zero attached hydrogens (tertiary/aromatic N) is 2. The van der Waals surface area contributed by atoms with Gasteiger partial charge in [-0.15, -0.1) is 0 Å². The Balaban J connectivity index is 2.18. The van der Waals surface area contributed by atoms with E-state index in [1.165, 1.54) is 0 Å². The summed E-state index contributed by atoms with van der Waals surface area (Å²) in [5.41, 5.74) is 6.85. The summed E-state index contributed by atoms with van der Waals surface area (Å²) in [7, 11) is 0. The molecule has 0 aliphatic carbocycles. The molecule has 0 radical (unpaired) electrons. The van der Waals surface area contributed by atoms with Crippen LogP contribution in [-0.4, -0.2) is 47.3 Å². The number of nitrogen functional groups attached to an aromatic ring is 1. The summed E-state index contributed by atoms with van der Waals surface area (Å²) >= 11 is 0. The zero-order chi connectivity index (χ0) is 15.4. The summed E-state index contributed by atoms with van der Waals surface area (Å²) in [4.78, 5) is 28.6. The van der Waals surface area contributed by atoms with Gasteiger partial charge in [0.05, 0.1) is 0 Å². The molecule has 1 aromatic rings. The molecule has 0 aromatic heterocycles. The highest BCUT2D eigenvalue weighted by Crippen LogP contribution is 2.22. The van der Waals surface area contributed by atoms with Crippen molar-refractivity contribution >= 4 is 17.5 Å². The van der Waals surface area contributed by atoms with Gasteiger partial charge in [0.25, 0.3) is 5.91 Å². The van der Waals surface area contributed by atoms with Gasteiger partial charge < -0.3 is 15.5 Å². The number of likely N-dealkylation sites (tertiary alicyclic amines) is 1. The van der Waals surface area contributed by atoms with Crippen LogP contribution in [0.4, 0.5) is 5.69 Å². The fourth-order valence-electron chi connectivity index (χ4n) is 2.85. The van der Waals surface area contributed by atoms with Gasteiger partial charge in [0.15, 0.2) is 0 Å². The molecule has 2 rings (SSSR count). The number of hydrogen-bond donors (Lipinski definition) is 1. The molecule has 1 aromatic carbocycles. The predicted molar refractivity (Wildman–Crippen MR) is 82.8 cm³/mol. The maximum atomic E-state index is 12.6. The van der Waals surface area contributed by atoms with Crippen molar-refractivity contribution in [1.82, 2.24) is 9.80 Å². The molecule has 114 valence electrons. The van der Waals surface area contributed by atoms with Crippen molar-refractivity contribution in [3.63, 3.8) is 0 Å². The zero-order valence-electron chi connectivity index (χ0n) is 12.7. The molecule has 0 bridgehead atoms. The highest BCUT2D eigenvalue weighted by atomic mass is 16.2. The molecular formula is C16H23N3O2. The van der Waals surface area contributed by atoms with E-state index in [9.17, 15) is 9.59 Å². The lowest BCUT2D eigenvalue weighted by Crippen LogP contribution is -2.47. The van der Waals surface area contributed by atoms with Crippen LogP contribution in [0.15, 0.2) is 24.3 Å². The average molecular weight is 289 g/mol. The second-order valence-electron chi connectivity index (χ2n) is 5.29.